The van der Waals surface area contributed by atoms with E-state index < -0.39 is 0 Å². The van der Waals surface area contributed by atoms with E-state index in [9.17, 15) is 9.59 Å². The van der Waals surface area contributed by atoms with Crippen LogP contribution in [-0.2, 0) is 9.59 Å². The number of para-hydroxylation sites is 1. The monoisotopic (exact) mass is 344 g/mol. The third-order valence-electron chi connectivity index (χ3n) is 4.94. The van der Waals surface area contributed by atoms with Crippen LogP contribution in [0.5, 0.6) is 0 Å². The molecular formula is C21H32N2O2. The van der Waals surface area contributed by atoms with Gasteiger partial charge in [0, 0.05) is 19.5 Å². The molecule has 1 aromatic carbocycles. The van der Waals surface area contributed by atoms with Gasteiger partial charge in [0.2, 0.25) is 11.8 Å². The first-order valence-corrected chi connectivity index (χ1v) is 9.57. The maximum absolute atomic E-state index is 12.7. The summed E-state index contributed by atoms with van der Waals surface area (Å²) < 4.78 is 0. The van der Waals surface area contributed by atoms with E-state index in [0.717, 1.165) is 18.5 Å². The Labute approximate surface area is 152 Å². The standard InChI is InChI=1S/C21H32N2O2/c1-6-7-11-22-21(25)16-12-19(24)23(13-16)20-17(14(2)3)9-8-10-18(20)15(4)5/h8-10,14-16H,6-7,11-13H2,1-5H3,(H,22,25). The molecule has 1 heterocycles. The van der Waals surface area contributed by atoms with Gasteiger partial charge in [-0.1, -0.05) is 59.2 Å². The second-order valence-corrected chi connectivity index (χ2v) is 7.64. The van der Waals surface area contributed by atoms with Crippen molar-refractivity contribution in [3.63, 3.8) is 0 Å². The summed E-state index contributed by atoms with van der Waals surface area (Å²) in [6.07, 6.45) is 2.33. The van der Waals surface area contributed by atoms with E-state index in [4.69, 9.17) is 0 Å². The van der Waals surface area contributed by atoms with Crippen molar-refractivity contribution in [3.8, 4) is 0 Å². The van der Waals surface area contributed by atoms with Crippen molar-refractivity contribution >= 4 is 17.5 Å². The predicted octanol–water partition coefficient (Wildman–Crippen LogP) is 4.20. The van der Waals surface area contributed by atoms with Gasteiger partial charge in [0.25, 0.3) is 0 Å². The molecule has 1 aliphatic rings. The van der Waals surface area contributed by atoms with Crippen LogP contribution in [0, 0.1) is 5.92 Å². The van der Waals surface area contributed by atoms with Crippen molar-refractivity contribution in [2.45, 2.75) is 65.7 Å². The lowest BCUT2D eigenvalue weighted by Gasteiger charge is -2.27. The Morgan fingerprint density at radius 1 is 1.20 bits per heavy atom. The number of unbranched alkanes of at least 4 members (excludes halogenated alkanes) is 1. The fraction of sp³-hybridized carbons (Fsp3) is 0.619. The van der Waals surface area contributed by atoms with Gasteiger partial charge in [-0.05, 0) is 29.4 Å². The number of rotatable bonds is 7. The highest BCUT2D eigenvalue weighted by molar-refractivity contribution is 6.01. The van der Waals surface area contributed by atoms with Crippen LogP contribution in [0.15, 0.2) is 18.2 Å². The lowest BCUT2D eigenvalue weighted by atomic mass is 9.92. The molecule has 0 bridgehead atoms. The fourth-order valence-electron chi connectivity index (χ4n) is 3.46. The van der Waals surface area contributed by atoms with Crippen LogP contribution in [0.4, 0.5) is 5.69 Å². The Hall–Kier alpha value is -1.84. The molecule has 4 nitrogen and oxygen atoms in total. The summed E-state index contributed by atoms with van der Waals surface area (Å²) >= 11 is 0. The largest absolute Gasteiger partial charge is 0.356 e. The van der Waals surface area contributed by atoms with Crippen LogP contribution in [0.2, 0.25) is 0 Å². The summed E-state index contributed by atoms with van der Waals surface area (Å²) in [5, 5.41) is 2.98. The van der Waals surface area contributed by atoms with Crippen molar-refractivity contribution in [2.24, 2.45) is 5.92 Å². The van der Waals surface area contributed by atoms with Gasteiger partial charge >= 0.3 is 0 Å². The van der Waals surface area contributed by atoms with Crippen LogP contribution in [0.1, 0.15) is 76.8 Å². The molecule has 0 saturated carbocycles. The predicted molar refractivity (Wildman–Crippen MR) is 103 cm³/mol. The first-order valence-electron chi connectivity index (χ1n) is 9.57. The quantitative estimate of drug-likeness (QED) is 0.754. The molecule has 4 heteroatoms. The molecule has 1 unspecified atom stereocenters. The maximum atomic E-state index is 12.7. The molecule has 0 spiro atoms. The Kier molecular flexibility index (Phi) is 6.63. The van der Waals surface area contributed by atoms with E-state index in [0.29, 0.717) is 31.3 Å². The molecular weight excluding hydrogens is 312 g/mol. The number of amides is 2. The summed E-state index contributed by atoms with van der Waals surface area (Å²) in [5.41, 5.74) is 3.40. The minimum Gasteiger partial charge on any atom is -0.356 e. The molecule has 0 radical (unpaired) electrons. The highest BCUT2D eigenvalue weighted by atomic mass is 16.2. The van der Waals surface area contributed by atoms with Crippen molar-refractivity contribution < 1.29 is 9.59 Å². The number of hydrogen-bond donors (Lipinski definition) is 1. The zero-order chi connectivity index (χ0) is 18.6. The van der Waals surface area contributed by atoms with E-state index in [1.807, 2.05) is 4.90 Å². The fourth-order valence-corrected chi connectivity index (χ4v) is 3.46. The summed E-state index contributed by atoms with van der Waals surface area (Å²) in [6.45, 7) is 11.9. The zero-order valence-electron chi connectivity index (χ0n) is 16.3. The summed E-state index contributed by atoms with van der Waals surface area (Å²) in [4.78, 5) is 27.0. The minimum atomic E-state index is -0.246. The maximum Gasteiger partial charge on any atom is 0.227 e. The van der Waals surface area contributed by atoms with E-state index in [-0.39, 0.29) is 17.7 Å². The van der Waals surface area contributed by atoms with Gasteiger partial charge in [-0.2, -0.15) is 0 Å². The van der Waals surface area contributed by atoms with Gasteiger partial charge < -0.3 is 10.2 Å². The first-order chi connectivity index (χ1) is 11.9. The molecule has 1 N–H and O–H groups in total. The summed E-state index contributed by atoms with van der Waals surface area (Å²) in [7, 11) is 0. The second-order valence-electron chi connectivity index (χ2n) is 7.64. The molecule has 1 aromatic rings. The number of benzene rings is 1. The topological polar surface area (TPSA) is 49.4 Å². The zero-order valence-corrected chi connectivity index (χ0v) is 16.3. The Balaban J connectivity index is 2.27. The first kappa shape index (κ1) is 19.5. The Morgan fingerprint density at radius 2 is 1.80 bits per heavy atom. The van der Waals surface area contributed by atoms with Crippen molar-refractivity contribution in [1.29, 1.82) is 0 Å². The summed E-state index contributed by atoms with van der Waals surface area (Å²) in [6, 6.07) is 6.28. The highest BCUT2D eigenvalue weighted by Crippen LogP contribution is 2.38. The molecule has 25 heavy (non-hydrogen) atoms. The molecule has 1 saturated heterocycles. The highest BCUT2D eigenvalue weighted by Gasteiger charge is 2.37. The van der Waals surface area contributed by atoms with Gasteiger partial charge in [-0.15, -0.1) is 0 Å². The van der Waals surface area contributed by atoms with Gasteiger partial charge in [0.15, 0.2) is 0 Å². The molecule has 2 amide bonds. The Morgan fingerprint density at radius 3 is 2.32 bits per heavy atom. The van der Waals surface area contributed by atoms with E-state index in [1.54, 1.807) is 0 Å². The smallest absolute Gasteiger partial charge is 0.227 e. The van der Waals surface area contributed by atoms with E-state index in [1.165, 1.54) is 11.1 Å². The second kappa shape index (κ2) is 8.50. The average Bonchev–Trinajstić information content (AvgIpc) is 2.95. The minimum absolute atomic E-state index is 0.0115. The number of carbonyl (C=O) groups is 2. The lowest BCUT2D eigenvalue weighted by molar-refractivity contribution is -0.126. The molecule has 1 aliphatic heterocycles. The molecule has 1 fully saturated rings. The van der Waals surface area contributed by atoms with E-state index >= 15 is 0 Å². The van der Waals surface area contributed by atoms with Crippen molar-refractivity contribution in [3.05, 3.63) is 29.3 Å². The Bertz CT molecular complexity index is 596. The molecule has 0 aliphatic carbocycles. The summed E-state index contributed by atoms with van der Waals surface area (Å²) in [5.74, 6) is 0.491. The van der Waals surface area contributed by atoms with Crippen molar-refractivity contribution in [1.82, 2.24) is 5.32 Å². The van der Waals surface area contributed by atoms with Crippen LogP contribution in [-0.4, -0.2) is 24.9 Å². The van der Waals surface area contributed by atoms with Gasteiger partial charge in [0.05, 0.1) is 11.6 Å². The van der Waals surface area contributed by atoms with Gasteiger partial charge in [-0.25, -0.2) is 0 Å². The normalized spacial score (nSPS) is 17.6. The van der Waals surface area contributed by atoms with Gasteiger partial charge in [0.1, 0.15) is 0 Å². The molecule has 1 atom stereocenters. The number of carbonyl (C=O) groups excluding carboxylic acids is 2. The number of anilines is 1. The van der Waals surface area contributed by atoms with Crippen molar-refractivity contribution in [2.75, 3.05) is 18.0 Å². The number of hydrogen-bond acceptors (Lipinski definition) is 2. The number of nitrogens with zero attached hydrogens (tertiary/aromatic N) is 1. The molecule has 2 rings (SSSR count). The molecule has 138 valence electrons. The van der Waals surface area contributed by atoms with Crippen LogP contribution in [0.25, 0.3) is 0 Å². The molecule has 0 aromatic heterocycles. The lowest BCUT2D eigenvalue weighted by Crippen LogP contribution is -2.34. The van der Waals surface area contributed by atoms with Crippen LogP contribution >= 0.6 is 0 Å². The van der Waals surface area contributed by atoms with E-state index in [2.05, 4.69) is 58.1 Å². The third kappa shape index (κ3) is 4.42. The third-order valence-corrected chi connectivity index (χ3v) is 4.94. The number of nitrogens with one attached hydrogen (secondary N) is 1. The average molecular weight is 344 g/mol. The van der Waals surface area contributed by atoms with Crippen LogP contribution in [0.3, 0.4) is 0 Å². The SMILES string of the molecule is CCCCNC(=O)C1CC(=O)N(c2c(C(C)C)cccc2C(C)C)C1. The van der Waals surface area contributed by atoms with Gasteiger partial charge in [-0.3, -0.25) is 9.59 Å². The van der Waals surface area contributed by atoms with Crippen LogP contribution < -0.4 is 10.2 Å².